The second-order valence-corrected chi connectivity index (χ2v) is 7.54. The molecule has 8 nitrogen and oxygen atoms in total. The van der Waals surface area contributed by atoms with Crippen molar-refractivity contribution in [1.29, 1.82) is 0 Å². The van der Waals surface area contributed by atoms with Crippen LogP contribution in [0.1, 0.15) is 17.5 Å². The van der Waals surface area contributed by atoms with Gasteiger partial charge in [-0.25, -0.2) is 13.2 Å². The van der Waals surface area contributed by atoms with Crippen molar-refractivity contribution in [1.82, 2.24) is 9.80 Å². The molecule has 2 aromatic carbocycles. The number of rotatable bonds is 7. The highest BCUT2D eigenvalue weighted by Crippen LogP contribution is 2.21. The van der Waals surface area contributed by atoms with Crippen LogP contribution in [-0.4, -0.2) is 52.2 Å². The van der Waals surface area contributed by atoms with Crippen LogP contribution in [0, 0.1) is 27.6 Å². The SMILES string of the molecule is N[C@@H](CC(=O)N1CCN(Cc2ccccc2[N+](=O)[O-])C(=O)C1)Cc1cc(F)c(F)cc1F. The second kappa shape index (κ2) is 9.77. The maximum absolute atomic E-state index is 13.8. The first kappa shape index (κ1) is 23.2. The summed E-state index contributed by atoms with van der Waals surface area (Å²) in [5.74, 6) is -4.28. The normalized spacial score (nSPS) is 15.1. The van der Waals surface area contributed by atoms with E-state index in [0.29, 0.717) is 17.7 Å². The minimum absolute atomic E-state index is 0.0486. The summed E-state index contributed by atoms with van der Waals surface area (Å²) in [6.45, 7) is 0.222. The molecule has 3 rings (SSSR count). The molecule has 2 N–H and O–H groups in total. The Labute approximate surface area is 181 Å². The standard InChI is InChI=1S/C21H21F3N4O4/c22-16-10-18(24)17(23)8-14(16)7-15(25)9-20(29)27-6-5-26(21(30)12-27)11-13-3-1-2-4-19(13)28(31)32/h1-4,8,10,15H,5-7,9,11-12,25H2/t15-/m1/s1. The second-order valence-electron chi connectivity index (χ2n) is 7.54. The summed E-state index contributed by atoms with van der Waals surface area (Å²) in [4.78, 5) is 38.4. The molecule has 0 unspecified atom stereocenters. The molecule has 1 aliphatic heterocycles. The summed E-state index contributed by atoms with van der Waals surface area (Å²) < 4.78 is 40.2. The smallest absolute Gasteiger partial charge is 0.274 e. The first-order valence-electron chi connectivity index (χ1n) is 9.82. The molecular weight excluding hydrogens is 429 g/mol. The number of carbonyl (C=O) groups excluding carboxylic acids is 2. The third-order valence-electron chi connectivity index (χ3n) is 5.23. The number of benzene rings is 2. The van der Waals surface area contributed by atoms with Gasteiger partial charge in [0.25, 0.3) is 5.69 Å². The third-order valence-corrected chi connectivity index (χ3v) is 5.23. The van der Waals surface area contributed by atoms with Crippen molar-refractivity contribution in [2.45, 2.75) is 25.4 Å². The number of hydrogen-bond donors (Lipinski definition) is 1. The number of halogens is 3. The Morgan fingerprint density at radius 1 is 1.09 bits per heavy atom. The van der Waals surface area contributed by atoms with Gasteiger partial charge in [0.2, 0.25) is 11.8 Å². The first-order valence-corrected chi connectivity index (χ1v) is 9.82. The van der Waals surface area contributed by atoms with E-state index in [-0.39, 0.29) is 56.2 Å². The lowest BCUT2D eigenvalue weighted by molar-refractivity contribution is -0.385. The largest absolute Gasteiger partial charge is 0.335 e. The van der Waals surface area contributed by atoms with Gasteiger partial charge in [0.1, 0.15) is 5.82 Å². The lowest BCUT2D eigenvalue weighted by atomic mass is 10.0. The fourth-order valence-corrected chi connectivity index (χ4v) is 3.55. The minimum atomic E-state index is -1.31. The predicted molar refractivity (Wildman–Crippen MR) is 108 cm³/mol. The van der Waals surface area contributed by atoms with Gasteiger partial charge in [-0.3, -0.25) is 19.7 Å². The average molecular weight is 450 g/mol. The zero-order chi connectivity index (χ0) is 23.4. The summed E-state index contributed by atoms with van der Waals surface area (Å²) in [6, 6.07) is 6.38. The monoisotopic (exact) mass is 450 g/mol. The Morgan fingerprint density at radius 3 is 2.47 bits per heavy atom. The Bertz CT molecular complexity index is 1050. The van der Waals surface area contributed by atoms with Crippen LogP contribution in [0.5, 0.6) is 0 Å². The molecule has 1 aliphatic rings. The highest BCUT2D eigenvalue weighted by atomic mass is 19.2. The van der Waals surface area contributed by atoms with E-state index in [1.807, 2.05) is 0 Å². The summed E-state index contributed by atoms with van der Waals surface area (Å²) in [5, 5.41) is 11.2. The van der Waals surface area contributed by atoms with E-state index in [4.69, 9.17) is 5.73 Å². The molecule has 0 radical (unpaired) electrons. The summed E-state index contributed by atoms with van der Waals surface area (Å²) in [6.07, 6.45) is -0.393. The van der Waals surface area contributed by atoms with Crippen LogP contribution in [0.15, 0.2) is 36.4 Å². The number of hydrogen-bond acceptors (Lipinski definition) is 5. The number of piperazine rings is 1. The molecule has 170 valence electrons. The zero-order valence-electron chi connectivity index (χ0n) is 17.0. The third kappa shape index (κ3) is 5.41. The number of nitrogens with zero attached hydrogens (tertiary/aromatic N) is 3. The molecule has 0 bridgehead atoms. The van der Waals surface area contributed by atoms with Crippen LogP contribution in [-0.2, 0) is 22.6 Å². The maximum atomic E-state index is 13.8. The molecule has 0 aliphatic carbocycles. The summed E-state index contributed by atoms with van der Waals surface area (Å²) >= 11 is 0. The van der Waals surface area contributed by atoms with Gasteiger partial charge in [-0.05, 0) is 18.1 Å². The van der Waals surface area contributed by atoms with E-state index in [1.54, 1.807) is 12.1 Å². The lowest BCUT2D eigenvalue weighted by Gasteiger charge is -2.34. The van der Waals surface area contributed by atoms with Gasteiger partial charge in [0, 0.05) is 43.2 Å². The van der Waals surface area contributed by atoms with Gasteiger partial charge in [0.15, 0.2) is 11.6 Å². The van der Waals surface area contributed by atoms with Gasteiger partial charge in [-0.2, -0.15) is 0 Å². The molecule has 1 saturated heterocycles. The topological polar surface area (TPSA) is 110 Å². The van der Waals surface area contributed by atoms with Crippen LogP contribution < -0.4 is 5.73 Å². The molecular formula is C21H21F3N4O4. The number of para-hydroxylation sites is 1. The number of nitrogens with two attached hydrogens (primary N) is 1. The highest BCUT2D eigenvalue weighted by molar-refractivity contribution is 5.86. The van der Waals surface area contributed by atoms with Crippen molar-refractivity contribution in [3.05, 3.63) is 75.1 Å². The molecule has 1 heterocycles. The van der Waals surface area contributed by atoms with Crippen LogP contribution in [0.4, 0.5) is 18.9 Å². The van der Waals surface area contributed by atoms with E-state index < -0.39 is 34.3 Å². The molecule has 11 heteroatoms. The van der Waals surface area contributed by atoms with Crippen molar-refractivity contribution in [2.24, 2.45) is 5.73 Å². The molecule has 0 spiro atoms. The van der Waals surface area contributed by atoms with Crippen molar-refractivity contribution in [3.63, 3.8) is 0 Å². The van der Waals surface area contributed by atoms with Gasteiger partial charge >= 0.3 is 0 Å². The average Bonchev–Trinajstić information content (AvgIpc) is 2.73. The zero-order valence-corrected chi connectivity index (χ0v) is 17.0. The predicted octanol–water partition coefficient (Wildman–Crippen LogP) is 2.14. The van der Waals surface area contributed by atoms with Crippen molar-refractivity contribution >= 4 is 17.5 Å². The van der Waals surface area contributed by atoms with Crippen LogP contribution in [0.3, 0.4) is 0 Å². The van der Waals surface area contributed by atoms with Crippen molar-refractivity contribution in [3.8, 4) is 0 Å². The van der Waals surface area contributed by atoms with Crippen LogP contribution in [0.2, 0.25) is 0 Å². The van der Waals surface area contributed by atoms with E-state index in [0.717, 1.165) is 0 Å². The van der Waals surface area contributed by atoms with Gasteiger partial charge in [-0.1, -0.05) is 18.2 Å². The van der Waals surface area contributed by atoms with Gasteiger partial charge < -0.3 is 15.5 Å². The van der Waals surface area contributed by atoms with E-state index in [1.165, 1.54) is 21.9 Å². The fourth-order valence-electron chi connectivity index (χ4n) is 3.55. The molecule has 2 amide bonds. The van der Waals surface area contributed by atoms with Crippen LogP contribution >= 0.6 is 0 Å². The van der Waals surface area contributed by atoms with E-state index in [9.17, 15) is 32.9 Å². The lowest BCUT2D eigenvalue weighted by Crippen LogP contribution is -2.52. The molecule has 32 heavy (non-hydrogen) atoms. The van der Waals surface area contributed by atoms with Crippen molar-refractivity contribution in [2.75, 3.05) is 19.6 Å². The molecule has 2 aromatic rings. The summed E-state index contributed by atoms with van der Waals surface area (Å²) in [5.41, 5.74) is 6.05. The molecule has 0 aromatic heterocycles. The van der Waals surface area contributed by atoms with E-state index in [2.05, 4.69) is 0 Å². The highest BCUT2D eigenvalue weighted by Gasteiger charge is 2.29. The first-order chi connectivity index (χ1) is 15.2. The number of nitro groups is 1. The maximum Gasteiger partial charge on any atom is 0.274 e. The minimum Gasteiger partial charge on any atom is -0.335 e. The number of amides is 2. The van der Waals surface area contributed by atoms with Gasteiger partial charge in [-0.15, -0.1) is 0 Å². The Balaban J connectivity index is 1.56. The van der Waals surface area contributed by atoms with Crippen LogP contribution in [0.25, 0.3) is 0 Å². The Hall–Kier alpha value is -3.47. The molecule has 1 atom stereocenters. The molecule has 0 saturated carbocycles. The Kier molecular flexibility index (Phi) is 7.08. The van der Waals surface area contributed by atoms with Crippen molar-refractivity contribution < 1.29 is 27.7 Å². The number of carbonyl (C=O) groups is 2. The quantitative estimate of drug-likeness (QED) is 0.395. The Morgan fingerprint density at radius 2 is 1.78 bits per heavy atom. The van der Waals surface area contributed by atoms with E-state index >= 15 is 0 Å². The fraction of sp³-hybridized carbons (Fsp3) is 0.333. The van der Waals surface area contributed by atoms with Gasteiger partial charge in [0.05, 0.1) is 18.0 Å². The summed E-state index contributed by atoms with van der Waals surface area (Å²) in [7, 11) is 0. The molecule has 1 fully saturated rings. The number of nitro benzene ring substituents is 1.